The Morgan fingerprint density at radius 3 is 0.799 bits per heavy atom. The van der Waals surface area contributed by atoms with Gasteiger partial charge >= 0.3 is 24.7 Å². The van der Waals surface area contributed by atoms with E-state index in [2.05, 4.69) is 168 Å². The third kappa shape index (κ3) is 33.6. The second kappa shape index (κ2) is 53.9. The maximum Gasteiger partial charge on any atom is 0.421 e. The number of halogens is 13. The summed E-state index contributed by atoms with van der Waals surface area (Å²) in [5, 5.41) is 23.5. The largest absolute Gasteiger partial charge is 0.421 e. The molecule has 814 valence electrons. The monoisotopic (exact) mass is 2100 g/mol. The van der Waals surface area contributed by atoms with Gasteiger partial charge in [0.25, 0.3) is 0 Å². The molecule has 12 heterocycles. The number of rotatable bonds is 36. The molecule has 8 aromatic rings. The minimum absolute atomic E-state index is 0.0578. The van der Waals surface area contributed by atoms with Crippen LogP contribution in [0.4, 0.5) is 150 Å². The van der Waals surface area contributed by atoms with E-state index in [9.17, 15) is 76.3 Å². The summed E-state index contributed by atoms with van der Waals surface area (Å²) < 4.78 is 176. The van der Waals surface area contributed by atoms with E-state index in [-0.39, 0.29) is 104 Å². The van der Waals surface area contributed by atoms with Gasteiger partial charge in [-0.05, 0) is 227 Å². The van der Waals surface area contributed by atoms with Crippen molar-refractivity contribution in [3.63, 3.8) is 0 Å². The first kappa shape index (κ1) is 114. The number of nitrogens with zero attached hydrogens (tertiary/aromatic N) is 20. The van der Waals surface area contributed by atoms with E-state index in [4.69, 9.17) is 0 Å². The third-order valence-electron chi connectivity index (χ3n) is 28.1. The maximum atomic E-state index is 13.6. The van der Waals surface area contributed by atoms with Crippen LogP contribution in [0.15, 0.2) is 97.6 Å². The van der Waals surface area contributed by atoms with Gasteiger partial charge in [0.05, 0.1) is 0 Å². The second-order valence-electron chi connectivity index (χ2n) is 39.1. The van der Waals surface area contributed by atoms with Crippen LogP contribution in [0, 0.1) is 27.7 Å². The predicted molar refractivity (Wildman–Crippen MR) is 558 cm³/mol. The van der Waals surface area contributed by atoms with Crippen molar-refractivity contribution in [1.29, 1.82) is 0 Å². The van der Waals surface area contributed by atoms with Crippen molar-refractivity contribution in [2.24, 2.45) is 0 Å². The molecule has 0 unspecified atom stereocenters. The highest BCUT2D eigenvalue weighted by Crippen LogP contribution is 2.41. The lowest BCUT2D eigenvalue weighted by molar-refractivity contribution is -0.138. The molecule has 0 radical (unpaired) electrons. The van der Waals surface area contributed by atoms with Gasteiger partial charge < -0.3 is 91.5 Å². The number of carbonyl (C=O) groups is 4. The summed E-state index contributed by atoms with van der Waals surface area (Å²) in [7, 11) is 2.11. The number of aromatic nitrogens is 8. The number of aryl methyl sites for hydroxylation is 4. The van der Waals surface area contributed by atoms with Crippen molar-refractivity contribution in [3.8, 4) is 0 Å². The summed E-state index contributed by atoms with van der Waals surface area (Å²) >= 11 is 0. The van der Waals surface area contributed by atoms with Gasteiger partial charge in [-0.15, -0.1) is 0 Å². The number of alkyl halides is 13. The summed E-state index contributed by atoms with van der Waals surface area (Å²) in [6.07, 6.45) is -3.43. The smallest absolute Gasteiger partial charge is 0.369 e. The zero-order valence-electron chi connectivity index (χ0n) is 86.5. The van der Waals surface area contributed by atoms with Crippen molar-refractivity contribution in [1.82, 2.24) is 79.1 Å². The number of benzene rings is 4. The van der Waals surface area contributed by atoms with E-state index in [1.807, 2.05) is 82.3 Å². The van der Waals surface area contributed by atoms with Crippen molar-refractivity contribution >= 4 is 116 Å². The molecule has 0 aliphatic carbocycles. The molecule has 0 bridgehead atoms. The molecule has 16 rings (SSSR count). The highest BCUT2D eigenvalue weighted by atomic mass is 19.4. The molecule has 8 N–H and O–H groups in total. The first-order valence-electron chi connectivity index (χ1n) is 52.1. The Balaban J connectivity index is 0.000000166. The molecule has 4 amide bonds. The normalized spacial score (nSPS) is 17.3. The van der Waals surface area contributed by atoms with Crippen LogP contribution >= 0.6 is 0 Å². The van der Waals surface area contributed by atoms with E-state index < -0.39 is 47.0 Å². The number of amides is 4. The molecule has 149 heavy (non-hydrogen) atoms. The standard InChI is InChI=1S/C27H38F3N7O.C26H35F4N7O.C26H36F3N7O.C25H34F3N7O/c1-19(2)35-13-15-36(16-14-35)21-8-9-23(20(3)17-21)33-26-32-18-22(27(28,29)30)25(34-26)31-10-6-12-37-11-5-4-7-24(37)38;1-19-17-20(36-15-13-35(12-8-27)14-16-36)6-7-22(19)33-25-32-18-21(26(28,29)30)24(34-25)31-9-4-11-37-10-3-2-5-23(37)38;1-3-34-13-15-35(16-14-34)20-8-9-22(19(2)17-20)32-25-31-18-21(26(27,28)29)24(33-25)30-10-6-12-36-11-5-4-7-23(36)37;1-18-16-19(34-14-12-33(2)13-15-34)7-8-21(18)31-24-30-17-20(25(26,27)28)23(32-24)29-9-5-11-35-10-4-3-6-22(35)36/h8-9,17-19H,4-7,10-16H2,1-3H3,(H2,31,32,33,34);6-7,17-18H,2-5,8-16H2,1H3,(H2,31,32,33,34);8-9,17-18H,3-7,10-16H2,1-2H3,(H2,30,31,32,33);7-8,16-17H,3-6,9-15H2,1-2H3,(H2,29,30,31,32). The molecule has 45 heteroatoms. The van der Waals surface area contributed by atoms with Gasteiger partial charge in [0.15, 0.2) is 0 Å². The topological polar surface area (TPSA) is 307 Å². The van der Waals surface area contributed by atoms with Crippen LogP contribution in [0.1, 0.15) is 168 Å². The lowest BCUT2D eigenvalue weighted by Gasteiger charge is -2.38. The number of likely N-dealkylation sites (N-methyl/N-ethyl adjacent to an activating group) is 2. The molecule has 8 fully saturated rings. The molecule has 4 aromatic carbocycles. The summed E-state index contributed by atoms with van der Waals surface area (Å²) in [5.41, 5.74) is 7.42. The molecule has 4 aromatic heterocycles. The Hall–Kier alpha value is -12.4. The Morgan fingerprint density at radius 1 is 0.322 bits per heavy atom. The molecule has 8 saturated heterocycles. The minimum Gasteiger partial charge on any atom is -0.369 e. The van der Waals surface area contributed by atoms with Gasteiger partial charge in [0.2, 0.25) is 47.4 Å². The van der Waals surface area contributed by atoms with Crippen molar-refractivity contribution < 1.29 is 76.3 Å². The number of hydrogen-bond donors (Lipinski definition) is 8. The molecule has 8 aliphatic rings. The number of anilines is 16. The third-order valence-corrected chi connectivity index (χ3v) is 28.1. The van der Waals surface area contributed by atoms with E-state index in [0.717, 1.165) is 249 Å². The SMILES string of the molecule is CCN1CCN(c2ccc(Nc3ncc(C(F)(F)F)c(NCCCN4CCCCC4=O)n3)c(C)c2)CC1.Cc1cc(N2CCN(C(C)C)CC2)ccc1Nc1ncc(C(F)(F)F)c(NCCCN2CCCCC2=O)n1.Cc1cc(N2CCN(C)CC2)ccc1Nc1ncc(C(F)(F)F)c(NCCCN2CCCCC2=O)n1.Cc1cc(N2CCN(CCF)CC2)ccc1Nc1ncc(C(F)(F)F)c(NCCCN2CCCCC2=O)n1. The molecule has 0 saturated carbocycles. The maximum absolute atomic E-state index is 13.6. The van der Waals surface area contributed by atoms with E-state index in [1.165, 1.54) is 0 Å². The zero-order valence-corrected chi connectivity index (χ0v) is 86.5. The molecular weight excluding hydrogens is 1950 g/mol. The van der Waals surface area contributed by atoms with Crippen molar-refractivity contribution in [2.45, 2.75) is 182 Å². The van der Waals surface area contributed by atoms with E-state index >= 15 is 0 Å². The summed E-state index contributed by atoms with van der Waals surface area (Å²) in [6.45, 7) is 36.5. The molecule has 0 atom stereocenters. The van der Waals surface area contributed by atoms with Crippen LogP contribution < -0.4 is 62.1 Å². The number of likely N-dealkylation sites (tertiary alicyclic amines) is 4. The van der Waals surface area contributed by atoms with Gasteiger partial charge in [-0.1, -0.05) is 6.92 Å². The number of piperidine rings is 4. The van der Waals surface area contributed by atoms with Crippen LogP contribution in [-0.4, -0.2) is 319 Å². The van der Waals surface area contributed by atoms with Crippen LogP contribution in [0.3, 0.4) is 0 Å². The second-order valence-corrected chi connectivity index (χ2v) is 39.1. The summed E-state index contributed by atoms with van der Waals surface area (Å²) in [5.74, 6) is -0.328. The summed E-state index contributed by atoms with van der Waals surface area (Å²) in [6, 6.07) is 24.4. The number of nitrogens with one attached hydrogen (secondary N) is 8. The Labute approximate surface area is 863 Å². The molecule has 0 spiro atoms. The first-order valence-corrected chi connectivity index (χ1v) is 52.1. The first-order chi connectivity index (χ1) is 71.3. The Morgan fingerprint density at radius 2 is 0.570 bits per heavy atom. The van der Waals surface area contributed by atoms with Crippen LogP contribution in [0.2, 0.25) is 0 Å². The molecular formula is C104H143F13N28O4. The average Bonchev–Trinajstić information content (AvgIpc) is 0.811. The molecule has 8 aliphatic heterocycles. The average molecular weight is 2100 g/mol. The fourth-order valence-electron chi connectivity index (χ4n) is 19.1. The fourth-order valence-corrected chi connectivity index (χ4v) is 19.1. The predicted octanol–water partition coefficient (Wildman–Crippen LogP) is 18.0. The fraction of sp³-hybridized carbons (Fsp3) is 0.577. The van der Waals surface area contributed by atoms with E-state index in [1.54, 1.807) is 19.6 Å². The van der Waals surface area contributed by atoms with Crippen molar-refractivity contribution in [3.05, 3.63) is 142 Å². The lowest BCUT2D eigenvalue weighted by Crippen LogP contribution is -2.48. The number of carbonyl (C=O) groups excluding carboxylic acids is 4. The van der Waals surface area contributed by atoms with Crippen molar-refractivity contribution in [2.75, 3.05) is 272 Å². The van der Waals surface area contributed by atoms with Gasteiger partial charge in [0.1, 0.15) is 52.2 Å². The minimum atomic E-state index is -4.60. The van der Waals surface area contributed by atoms with Crippen LogP contribution in [-0.2, 0) is 43.9 Å². The lowest BCUT2D eigenvalue weighted by atomic mass is 10.1. The Kier molecular flexibility index (Phi) is 41.1. The van der Waals surface area contributed by atoms with Crippen LogP contribution in [0.5, 0.6) is 0 Å². The number of hydrogen-bond acceptors (Lipinski definition) is 28. The summed E-state index contributed by atoms with van der Waals surface area (Å²) in [4.78, 5) is 106. The number of piperazine rings is 4. The molecule has 32 nitrogen and oxygen atoms in total. The van der Waals surface area contributed by atoms with Gasteiger partial charge in [0, 0.05) is 292 Å². The van der Waals surface area contributed by atoms with Gasteiger partial charge in [-0.25, -0.2) is 24.3 Å². The highest BCUT2D eigenvalue weighted by Gasteiger charge is 2.40. The van der Waals surface area contributed by atoms with Crippen LogP contribution in [0.25, 0.3) is 0 Å². The zero-order chi connectivity index (χ0) is 107. The van der Waals surface area contributed by atoms with E-state index in [0.29, 0.717) is 122 Å². The van der Waals surface area contributed by atoms with Gasteiger partial charge in [-0.3, -0.25) is 29.0 Å². The Bertz CT molecular complexity index is 5680. The van der Waals surface area contributed by atoms with Gasteiger partial charge in [-0.2, -0.15) is 72.6 Å². The highest BCUT2D eigenvalue weighted by molar-refractivity contribution is 5.79. The quantitative estimate of drug-likeness (QED) is 0.0134.